The zero-order valence-electron chi connectivity index (χ0n) is 15.2. The Labute approximate surface area is 159 Å². The van der Waals surface area contributed by atoms with Gasteiger partial charge in [-0.1, -0.05) is 30.7 Å². The van der Waals surface area contributed by atoms with Crippen LogP contribution in [-0.2, 0) is 12.0 Å². The lowest BCUT2D eigenvalue weighted by Crippen LogP contribution is -2.47. The second-order valence-corrected chi connectivity index (χ2v) is 7.36. The molecule has 6 heteroatoms. The lowest BCUT2D eigenvalue weighted by atomic mass is 9.74. The van der Waals surface area contributed by atoms with Crippen molar-refractivity contribution in [2.75, 3.05) is 20.2 Å². The summed E-state index contributed by atoms with van der Waals surface area (Å²) in [5.41, 5.74) is 2.33. The summed E-state index contributed by atoms with van der Waals surface area (Å²) in [6.45, 7) is 4.20. The molecular weight excluding hydrogens is 350 g/mol. The second-order valence-electron chi connectivity index (χ2n) is 6.92. The van der Waals surface area contributed by atoms with Crippen LogP contribution in [0.4, 0.5) is 4.79 Å². The molecule has 3 rings (SSSR count). The van der Waals surface area contributed by atoms with Crippen LogP contribution in [0.2, 0.25) is 5.02 Å². The van der Waals surface area contributed by atoms with E-state index in [1.807, 2.05) is 29.2 Å². The number of pyridine rings is 1. The van der Waals surface area contributed by atoms with Crippen LogP contribution in [0, 0.1) is 0 Å². The minimum Gasteiger partial charge on any atom is -0.481 e. The molecule has 5 nitrogen and oxygen atoms in total. The van der Waals surface area contributed by atoms with E-state index in [1.165, 1.54) is 5.56 Å². The van der Waals surface area contributed by atoms with Crippen molar-refractivity contribution in [2.45, 2.75) is 31.7 Å². The zero-order valence-corrected chi connectivity index (χ0v) is 15.9. The van der Waals surface area contributed by atoms with Crippen molar-refractivity contribution < 1.29 is 9.53 Å². The Balaban J connectivity index is 1.54. The summed E-state index contributed by atoms with van der Waals surface area (Å²) < 4.78 is 5.11. The molecule has 26 heavy (non-hydrogen) atoms. The first kappa shape index (κ1) is 18.5. The quantitative estimate of drug-likeness (QED) is 0.881. The highest BCUT2D eigenvalue weighted by molar-refractivity contribution is 6.30. The van der Waals surface area contributed by atoms with Gasteiger partial charge in [0.1, 0.15) is 0 Å². The largest absolute Gasteiger partial charge is 0.481 e. The normalized spacial score (nSPS) is 16.2. The van der Waals surface area contributed by atoms with E-state index in [4.69, 9.17) is 16.3 Å². The molecule has 0 bridgehead atoms. The van der Waals surface area contributed by atoms with Gasteiger partial charge in [0, 0.05) is 36.9 Å². The maximum absolute atomic E-state index is 12.5. The van der Waals surface area contributed by atoms with Crippen molar-refractivity contribution >= 4 is 17.6 Å². The van der Waals surface area contributed by atoms with E-state index in [2.05, 4.69) is 29.4 Å². The first-order valence-electron chi connectivity index (χ1n) is 8.78. The summed E-state index contributed by atoms with van der Waals surface area (Å²) in [4.78, 5) is 18.4. The number of likely N-dealkylation sites (tertiary alicyclic amines) is 1. The number of methoxy groups -OCH3 is 1. The van der Waals surface area contributed by atoms with Crippen molar-refractivity contribution in [3.8, 4) is 5.88 Å². The van der Waals surface area contributed by atoms with Gasteiger partial charge >= 0.3 is 6.03 Å². The third-order valence-corrected chi connectivity index (χ3v) is 5.40. The summed E-state index contributed by atoms with van der Waals surface area (Å²) >= 11 is 5.99. The second kappa shape index (κ2) is 7.96. The van der Waals surface area contributed by atoms with Crippen LogP contribution in [0.1, 0.15) is 30.9 Å². The number of amides is 2. The van der Waals surface area contributed by atoms with Gasteiger partial charge in [-0.15, -0.1) is 0 Å². The molecule has 1 aliphatic rings. The molecule has 0 spiro atoms. The molecule has 138 valence electrons. The minimum absolute atomic E-state index is 0.0288. The minimum atomic E-state index is -0.0288. The number of ether oxygens (including phenoxy) is 1. The highest BCUT2D eigenvalue weighted by atomic mass is 35.5. The van der Waals surface area contributed by atoms with Crippen LogP contribution in [0.3, 0.4) is 0 Å². The number of carbonyl (C=O) groups excluding carboxylic acids is 1. The fraction of sp³-hybridized carbons (Fsp3) is 0.400. The zero-order chi connectivity index (χ0) is 18.6. The lowest BCUT2D eigenvalue weighted by molar-refractivity contribution is 0.162. The molecule has 1 aromatic carbocycles. The molecule has 2 heterocycles. The van der Waals surface area contributed by atoms with Gasteiger partial charge in [-0.05, 0) is 47.6 Å². The summed E-state index contributed by atoms with van der Waals surface area (Å²) in [5.74, 6) is 0.549. The third kappa shape index (κ3) is 4.28. The van der Waals surface area contributed by atoms with E-state index in [-0.39, 0.29) is 11.4 Å². The number of carbonyl (C=O) groups is 1. The van der Waals surface area contributed by atoms with Gasteiger partial charge in [-0.3, -0.25) is 0 Å². The molecule has 1 aromatic heterocycles. The number of urea groups is 1. The highest BCUT2D eigenvalue weighted by Crippen LogP contribution is 2.35. The molecule has 0 saturated carbocycles. The molecule has 2 amide bonds. The highest BCUT2D eigenvalue weighted by Gasteiger charge is 2.33. The number of nitrogens with zero attached hydrogens (tertiary/aromatic N) is 2. The van der Waals surface area contributed by atoms with Crippen LogP contribution < -0.4 is 10.1 Å². The molecule has 2 aromatic rings. The van der Waals surface area contributed by atoms with Crippen molar-refractivity contribution in [2.24, 2.45) is 0 Å². The van der Waals surface area contributed by atoms with E-state index in [0.29, 0.717) is 12.4 Å². The lowest BCUT2D eigenvalue weighted by Gasteiger charge is -2.39. The van der Waals surface area contributed by atoms with Crippen molar-refractivity contribution in [3.05, 3.63) is 58.7 Å². The number of aromatic nitrogens is 1. The summed E-state index contributed by atoms with van der Waals surface area (Å²) in [6.07, 6.45) is 3.55. The number of nitrogens with one attached hydrogen (secondary N) is 1. The molecule has 0 unspecified atom stereocenters. The summed E-state index contributed by atoms with van der Waals surface area (Å²) in [7, 11) is 1.58. The number of rotatable bonds is 4. The van der Waals surface area contributed by atoms with E-state index in [1.54, 1.807) is 13.3 Å². The van der Waals surface area contributed by atoms with Gasteiger partial charge in [0.05, 0.1) is 7.11 Å². The van der Waals surface area contributed by atoms with Crippen molar-refractivity contribution in [1.82, 2.24) is 15.2 Å². The number of hydrogen-bond donors (Lipinski definition) is 1. The van der Waals surface area contributed by atoms with Gasteiger partial charge in [-0.25, -0.2) is 9.78 Å². The molecule has 1 saturated heterocycles. The Kier molecular flexibility index (Phi) is 5.67. The monoisotopic (exact) mass is 373 g/mol. The Morgan fingerprint density at radius 2 is 1.96 bits per heavy atom. The number of halogens is 1. The van der Waals surface area contributed by atoms with Crippen LogP contribution >= 0.6 is 11.6 Å². The average Bonchev–Trinajstić information content (AvgIpc) is 2.67. The van der Waals surface area contributed by atoms with Crippen molar-refractivity contribution in [1.29, 1.82) is 0 Å². The first-order chi connectivity index (χ1) is 12.5. The van der Waals surface area contributed by atoms with E-state index >= 15 is 0 Å². The average molecular weight is 374 g/mol. The fourth-order valence-electron chi connectivity index (χ4n) is 3.31. The van der Waals surface area contributed by atoms with Gasteiger partial charge in [0.15, 0.2) is 0 Å². The van der Waals surface area contributed by atoms with Crippen LogP contribution in [0.5, 0.6) is 5.88 Å². The molecule has 1 aliphatic heterocycles. The van der Waals surface area contributed by atoms with Crippen LogP contribution in [0.25, 0.3) is 0 Å². The summed E-state index contributed by atoms with van der Waals surface area (Å²) in [6, 6.07) is 11.7. The molecule has 0 aliphatic carbocycles. The maximum atomic E-state index is 12.5. The molecule has 1 N–H and O–H groups in total. The van der Waals surface area contributed by atoms with E-state index in [0.717, 1.165) is 36.5 Å². The number of benzene rings is 1. The third-order valence-electron chi connectivity index (χ3n) is 5.15. The molecular formula is C20H24ClN3O2. The van der Waals surface area contributed by atoms with Gasteiger partial charge in [0.25, 0.3) is 0 Å². The Morgan fingerprint density at radius 3 is 2.62 bits per heavy atom. The predicted octanol–water partition coefficient (Wildman–Crippen LogP) is 4.01. The Bertz CT molecular complexity index is 756. The van der Waals surface area contributed by atoms with Gasteiger partial charge in [0.2, 0.25) is 5.88 Å². The number of piperidine rings is 1. The van der Waals surface area contributed by atoms with Crippen LogP contribution in [0.15, 0.2) is 42.6 Å². The Morgan fingerprint density at radius 1 is 1.27 bits per heavy atom. The van der Waals surface area contributed by atoms with Gasteiger partial charge < -0.3 is 15.0 Å². The fourth-order valence-corrected chi connectivity index (χ4v) is 3.43. The van der Waals surface area contributed by atoms with E-state index in [9.17, 15) is 4.79 Å². The molecule has 0 radical (unpaired) electrons. The first-order valence-corrected chi connectivity index (χ1v) is 9.16. The Hall–Kier alpha value is -2.27. The van der Waals surface area contributed by atoms with Gasteiger partial charge in [-0.2, -0.15) is 0 Å². The standard InChI is InChI=1S/C20H24ClN3O2/c1-20(16-3-5-17(21)6-4-16)8-11-24(12-9-20)19(25)23-14-15-7-10-22-18(13-15)26-2/h3-7,10,13H,8-9,11-12,14H2,1-2H3,(H,23,25). The number of hydrogen-bond acceptors (Lipinski definition) is 3. The summed E-state index contributed by atoms with van der Waals surface area (Å²) in [5, 5.41) is 3.73. The smallest absolute Gasteiger partial charge is 0.317 e. The van der Waals surface area contributed by atoms with Crippen molar-refractivity contribution in [3.63, 3.8) is 0 Å². The topological polar surface area (TPSA) is 54.5 Å². The molecule has 1 fully saturated rings. The van der Waals surface area contributed by atoms with Crippen LogP contribution in [-0.4, -0.2) is 36.1 Å². The van der Waals surface area contributed by atoms with E-state index < -0.39 is 0 Å². The molecule has 0 atom stereocenters. The SMILES string of the molecule is COc1cc(CNC(=O)N2CCC(C)(c3ccc(Cl)cc3)CC2)ccn1. The maximum Gasteiger partial charge on any atom is 0.317 e. The predicted molar refractivity (Wildman–Crippen MR) is 103 cm³/mol.